The summed E-state index contributed by atoms with van der Waals surface area (Å²) in [5.41, 5.74) is 0. The second kappa shape index (κ2) is 5.86. The van der Waals surface area contributed by atoms with Gasteiger partial charge in [0.2, 0.25) is 10.0 Å². The molecule has 0 spiro atoms. The SMILES string of the molecule is CCNCC(C)S(=O)(=O)NC1CCN2CCCC12. The first kappa shape index (κ1) is 14.2. The second-order valence-electron chi connectivity index (χ2n) is 5.42. The van der Waals surface area contributed by atoms with Crippen molar-refractivity contribution in [1.29, 1.82) is 0 Å². The number of hydrogen-bond acceptors (Lipinski definition) is 4. The lowest BCUT2D eigenvalue weighted by Crippen LogP contribution is -2.47. The van der Waals surface area contributed by atoms with Gasteiger partial charge in [-0.25, -0.2) is 13.1 Å². The Bertz CT molecular complexity index is 372. The normalized spacial score (nSPS) is 30.6. The van der Waals surface area contributed by atoms with Crippen molar-refractivity contribution in [2.45, 2.75) is 50.4 Å². The molecular formula is C12H25N3O2S. The zero-order chi connectivity index (χ0) is 13.2. The average molecular weight is 275 g/mol. The molecule has 2 rings (SSSR count). The van der Waals surface area contributed by atoms with E-state index in [2.05, 4.69) is 14.9 Å². The first-order chi connectivity index (χ1) is 8.54. The topological polar surface area (TPSA) is 61.4 Å². The molecule has 2 aliphatic rings. The summed E-state index contributed by atoms with van der Waals surface area (Å²) in [7, 11) is -3.19. The van der Waals surface area contributed by atoms with Gasteiger partial charge in [-0.05, 0) is 39.3 Å². The smallest absolute Gasteiger partial charge is 0.215 e. The molecule has 3 atom stereocenters. The summed E-state index contributed by atoms with van der Waals surface area (Å²) >= 11 is 0. The molecule has 106 valence electrons. The number of sulfonamides is 1. The molecule has 2 saturated heterocycles. The van der Waals surface area contributed by atoms with Crippen LogP contribution in [0.5, 0.6) is 0 Å². The Kier molecular flexibility index (Phi) is 4.64. The number of nitrogens with zero attached hydrogens (tertiary/aromatic N) is 1. The molecular weight excluding hydrogens is 250 g/mol. The van der Waals surface area contributed by atoms with E-state index in [4.69, 9.17) is 0 Å². The van der Waals surface area contributed by atoms with Crippen molar-refractivity contribution in [3.8, 4) is 0 Å². The van der Waals surface area contributed by atoms with Gasteiger partial charge >= 0.3 is 0 Å². The van der Waals surface area contributed by atoms with Gasteiger partial charge in [0.15, 0.2) is 0 Å². The summed E-state index contributed by atoms with van der Waals surface area (Å²) in [6, 6.07) is 0.563. The summed E-state index contributed by atoms with van der Waals surface area (Å²) < 4.78 is 27.3. The van der Waals surface area contributed by atoms with Gasteiger partial charge in [-0.15, -0.1) is 0 Å². The Hall–Kier alpha value is -0.170. The van der Waals surface area contributed by atoms with E-state index >= 15 is 0 Å². The zero-order valence-corrected chi connectivity index (χ0v) is 12.2. The number of rotatable bonds is 6. The Balaban J connectivity index is 1.91. The summed E-state index contributed by atoms with van der Waals surface area (Å²) in [5.74, 6) is 0. The van der Waals surface area contributed by atoms with Crippen LogP contribution in [0.15, 0.2) is 0 Å². The minimum absolute atomic E-state index is 0.126. The quantitative estimate of drug-likeness (QED) is 0.724. The lowest BCUT2D eigenvalue weighted by molar-refractivity contribution is 0.308. The van der Waals surface area contributed by atoms with Crippen molar-refractivity contribution in [3.05, 3.63) is 0 Å². The third-order valence-electron chi connectivity index (χ3n) is 4.13. The van der Waals surface area contributed by atoms with Gasteiger partial charge in [-0.3, -0.25) is 4.90 Å². The molecule has 2 aliphatic heterocycles. The van der Waals surface area contributed by atoms with E-state index in [0.29, 0.717) is 12.6 Å². The summed E-state index contributed by atoms with van der Waals surface area (Å²) in [6.07, 6.45) is 3.29. The molecule has 0 aliphatic carbocycles. The fourth-order valence-corrected chi connectivity index (χ4v) is 4.27. The van der Waals surface area contributed by atoms with Crippen LogP contribution in [0.2, 0.25) is 0 Å². The summed E-state index contributed by atoms with van der Waals surface area (Å²) in [6.45, 7) is 7.26. The van der Waals surface area contributed by atoms with Crippen LogP contribution in [0, 0.1) is 0 Å². The maximum Gasteiger partial charge on any atom is 0.215 e. The van der Waals surface area contributed by atoms with Crippen LogP contribution < -0.4 is 10.0 Å². The monoisotopic (exact) mass is 275 g/mol. The highest BCUT2D eigenvalue weighted by molar-refractivity contribution is 7.90. The van der Waals surface area contributed by atoms with Crippen LogP contribution in [-0.2, 0) is 10.0 Å². The molecule has 0 aromatic rings. The van der Waals surface area contributed by atoms with Crippen molar-refractivity contribution in [2.24, 2.45) is 0 Å². The predicted octanol–water partition coefficient (Wildman–Crippen LogP) is 0.141. The first-order valence-electron chi connectivity index (χ1n) is 7.00. The molecule has 6 heteroatoms. The van der Waals surface area contributed by atoms with Gasteiger partial charge in [0.25, 0.3) is 0 Å². The fraction of sp³-hybridized carbons (Fsp3) is 1.00. The summed E-state index contributed by atoms with van der Waals surface area (Å²) in [4.78, 5) is 2.42. The molecule has 2 heterocycles. The molecule has 0 aromatic heterocycles. The molecule has 0 aromatic carbocycles. The second-order valence-corrected chi connectivity index (χ2v) is 7.55. The Morgan fingerprint density at radius 2 is 2.11 bits per heavy atom. The van der Waals surface area contributed by atoms with Gasteiger partial charge in [0.05, 0.1) is 5.25 Å². The first-order valence-corrected chi connectivity index (χ1v) is 8.55. The van der Waals surface area contributed by atoms with Gasteiger partial charge in [-0.2, -0.15) is 0 Å². The van der Waals surface area contributed by atoms with E-state index < -0.39 is 10.0 Å². The maximum absolute atomic E-state index is 12.2. The molecule has 3 unspecified atom stereocenters. The van der Waals surface area contributed by atoms with Crippen LogP contribution in [0.3, 0.4) is 0 Å². The molecule has 5 nitrogen and oxygen atoms in total. The van der Waals surface area contributed by atoms with Gasteiger partial charge in [0, 0.05) is 25.2 Å². The van der Waals surface area contributed by atoms with Gasteiger partial charge < -0.3 is 5.32 Å². The maximum atomic E-state index is 12.2. The van der Waals surface area contributed by atoms with E-state index in [1.807, 2.05) is 6.92 Å². The molecule has 18 heavy (non-hydrogen) atoms. The van der Waals surface area contributed by atoms with Crippen LogP contribution in [0.25, 0.3) is 0 Å². The minimum atomic E-state index is -3.19. The average Bonchev–Trinajstić information content (AvgIpc) is 2.90. The number of fused-ring (bicyclic) bond motifs is 1. The van der Waals surface area contributed by atoms with Crippen LogP contribution in [-0.4, -0.2) is 56.8 Å². The Morgan fingerprint density at radius 1 is 1.33 bits per heavy atom. The van der Waals surface area contributed by atoms with Crippen LogP contribution in [0.1, 0.15) is 33.1 Å². The van der Waals surface area contributed by atoms with E-state index in [1.54, 1.807) is 6.92 Å². The van der Waals surface area contributed by atoms with Crippen molar-refractivity contribution in [2.75, 3.05) is 26.2 Å². The molecule has 2 N–H and O–H groups in total. The van der Waals surface area contributed by atoms with Crippen LogP contribution in [0.4, 0.5) is 0 Å². The summed E-state index contributed by atoms with van der Waals surface area (Å²) in [5, 5.41) is 2.73. The third kappa shape index (κ3) is 3.04. The van der Waals surface area contributed by atoms with E-state index in [0.717, 1.165) is 32.5 Å². The highest BCUT2D eigenvalue weighted by Crippen LogP contribution is 2.28. The third-order valence-corrected chi connectivity index (χ3v) is 5.99. The van der Waals surface area contributed by atoms with Crippen molar-refractivity contribution in [3.63, 3.8) is 0 Å². The zero-order valence-electron chi connectivity index (χ0n) is 11.4. The van der Waals surface area contributed by atoms with E-state index in [1.165, 1.54) is 6.42 Å². The molecule has 0 amide bonds. The van der Waals surface area contributed by atoms with Gasteiger partial charge in [0.1, 0.15) is 0 Å². The highest BCUT2D eigenvalue weighted by atomic mass is 32.2. The van der Waals surface area contributed by atoms with Crippen molar-refractivity contribution in [1.82, 2.24) is 14.9 Å². The largest absolute Gasteiger partial charge is 0.316 e. The highest BCUT2D eigenvalue weighted by Gasteiger charge is 2.39. The molecule has 0 bridgehead atoms. The van der Waals surface area contributed by atoms with E-state index in [9.17, 15) is 8.42 Å². The number of hydrogen-bond donors (Lipinski definition) is 2. The lowest BCUT2D eigenvalue weighted by atomic mass is 10.1. The number of nitrogens with one attached hydrogen (secondary N) is 2. The predicted molar refractivity (Wildman–Crippen MR) is 73.1 cm³/mol. The lowest BCUT2D eigenvalue weighted by Gasteiger charge is -2.23. The molecule has 0 radical (unpaired) electrons. The van der Waals surface area contributed by atoms with E-state index in [-0.39, 0.29) is 11.3 Å². The minimum Gasteiger partial charge on any atom is -0.316 e. The van der Waals surface area contributed by atoms with Crippen LogP contribution >= 0.6 is 0 Å². The van der Waals surface area contributed by atoms with Crippen molar-refractivity contribution < 1.29 is 8.42 Å². The standard InChI is InChI=1S/C12H25N3O2S/c1-3-13-9-10(2)18(16,17)14-11-6-8-15-7-4-5-12(11)15/h10-14H,3-9H2,1-2H3. The fourth-order valence-electron chi connectivity index (χ4n) is 3.00. The molecule has 2 fully saturated rings. The van der Waals surface area contributed by atoms with Gasteiger partial charge in [-0.1, -0.05) is 6.92 Å². The Labute approximate surface area is 110 Å². The molecule has 0 saturated carbocycles. The Morgan fingerprint density at radius 3 is 2.83 bits per heavy atom. The van der Waals surface area contributed by atoms with Crippen molar-refractivity contribution >= 4 is 10.0 Å².